The van der Waals surface area contributed by atoms with E-state index in [1.54, 1.807) is 12.1 Å². The van der Waals surface area contributed by atoms with Crippen molar-refractivity contribution in [2.75, 3.05) is 5.32 Å². The molecule has 118 valence electrons. The number of amides is 1. The lowest BCUT2D eigenvalue weighted by Gasteiger charge is -2.26. The molecule has 2 rings (SSSR count). The zero-order chi connectivity index (χ0) is 14.5. The first-order valence-electron chi connectivity index (χ1n) is 7.06. The van der Waals surface area contributed by atoms with E-state index in [0.29, 0.717) is 18.5 Å². The molecule has 0 aromatic heterocycles. The van der Waals surface area contributed by atoms with E-state index in [2.05, 4.69) is 5.32 Å². The number of ether oxygens (including phenoxy) is 1. The van der Waals surface area contributed by atoms with E-state index >= 15 is 0 Å². The number of nitrogens with two attached hydrogens (primary N) is 1. The lowest BCUT2D eigenvalue weighted by atomic mass is 9.96. The van der Waals surface area contributed by atoms with Gasteiger partial charge in [0.25, 0.3) is 0 Å². The first-order valence-corrected chi connectivity index (χ1v) is 7.06. The summed E-state index contributed by atoms with van der Waals surface area (Å²) in [7, 11) is 0. The number of nitrogens with one attached hydrogen (secondary N) is 1. The predicted octanol–water partition coefficient (Wildman–Crippen LogP) is 3.24. The monoisotopic (exact) mass is 316 g/mol. The van der Waals surface area contributed by atoms with E-state index < -0.39 is 5.82 Å². The summed E-state index contributed by atoms with van der Waals surface area (Å²) in [5, 5.41) is 2.66. The van der Waals surface area contributed by atoms with Crippen LogP contribution in [-0.2, 0) is 4.79 Å². The van der Waals surface area contributed by atoms with Gasteiger partial charge in [-0.2, -0.15) is 0 Å². The van der Waals surface area contributed by atoms with Gasteiger partial charge in [0.15, 0.2) is 11.6 Å². The van der Waals surface area contributed by atoms with Crippen molar-refractivity contribution >= 4 is 24.0 Å². The van der Waals surface area contributed by atoms with Crippen LogP contribution in [0.1, 0.15) is 39.0 Å². The van der Waals surface area contributed by atoms with Gasteiger partial charge in [-0.1, -0.05) is 0 Å². The Morgan fingerprint density at radius 1 is 1.52 bits per heavy atom. The molecule has 1 aliphatic carbocycles. The van der Waals surface area contributed by atoms with Gasteiger partial charge in [-0.3, -0.25) is 4.79 Å². The first-order chi connectivity index (χ1) is 9.54. The van der Waals surface area contributed by atoms with Crippen LogP contribution in [0.4, 0.5) is 10.1 Å². The van der Waals surface area contributed by atoms with Crippen LogP contribution in [0.5, 0.6) is 5.75 Å². The molecule has 0 heterocycles. The van der Waals surface area contributed by atoms with Crippen LogP contribution < -0.4 is 15.8 Å². The fraction of sp³-hybridized carbons (Fsp3) is 0.533. The zero-order valence-corrected chi connectivity index (χ0v) is 12.9. The molecular formula is C15H22ClFN2O2. The zero-order valence-electron chi connectivity index (χ0n) is 12.1. The van der Waals surface area contributed by atoms with Crippen molar-refractivity contribution in [2.24, 2.45) is 5.73 Å². The molecule has 1 atom stereocenters. The second-order valence-electron chi connectivity index (χ2n) is 5.38. The van der Waals surface area contributed by atoms with Crippen molar-refractivity contribution in [3.05, 3.63) is 24.0 Å². The Morgan fingerprint density at radius 3 is 2.76 bits per heavy atom. The number of rotatable bonds is 6. The van der Waals surface area contributed by atoms with Gasteiger partial charge in [-0.05, 0) is 44.7 Å². The molecule has 6 heteroatoms. The van der Waals surface area contributed by atoms with Crippen LogP contribution in [0, 0.1) is 5.82 Å². The summed E-state index contributed by atoms with van der Waals surface area (Å²) in [6.07, 6.45) is 4.18. The molecule has 1 fully saturated rings. The summed E-state index contributed by atoms with van der Waals surface area (Å²) in [6.45, 7) is 1.85. The standard InChI is InChI=1S/C15H21FN2O2.ClH/c1-10(17)5-8-15(19)18-11-6-7-14(13(16)9-11)20-12-3-2-4-12;/h6-7,9-10,12H,2-5,8,17H2,1H3,(H,18,19);1H. The summed E-state index contributed by atoms with van der Waals surface area (Å²) in [4.78, 5) is 11.6. The summed E-state index contributed by atoms with van der Waals surface area (Å²) in [5.41, 5.74) is 6.03. The van der Waals surface area contributed by atoms with E-state index in [1.165, 1.54) is 6.07 Å². The molecule has 0 saturated heterocycles. The highest BCUT2D eigenvalue weighted by molar-refractivity contribution is 5.90. The summed E-state index contributed by atoms with van der Waals surface area (Å²) in [6, 6.07) is 4.49. The van der Waals surface area contributed by atoms with Crippen molar-refractivity contribution in [2.45, 2.75) is 51.2 Å². The second-order valence-corrected chi connectivity index (χ2v) is 5.38. The minimum Gasteiger partial charge on any atom is -0.487 e. The van der Waals surface area contributed by atoms with Gasteiger partial charge in [-0.15, -0.1) is 12.4 Å². The maximum absolute atomic E-state index is 13.8. The number of hydrogen-bond donors (Lipinski definition) is 2. The van der Waals surface area contributed by atoms with Crippen molar-refractivity contribution in [3.63, 3.8) is 0 Å². The van der Waals surface area contributed by atoms with E-state index in [-0.39, 0.29) is 36.2 Å². The molecule has 0 radical (unpaired) electrons. The Morgan fingerprint density at radius 2 is 2.24 bits per heavy atom. The smallest absolute Gasteiger partial charge is 0.224 e. The summed E-state index contributed by atoms with van der Waals surface area (Å²) in [5.74, 6) is -0.348. The third kappa shape index (κ3) is 5.52. The molecule has 1 aromatic rings. The third-order valence-corrected chi connectivity index (χ3v) is 3.39. The minimum absolute atomic E-state index is 0. The van der Waals surface area contributed by atoms with E-state index in [9.17, 15) is 9.18 Å². The van der Waals surface area contributed by atoms with Crippen molar-refractivity contribution in [1.29, 1.82) is 0 Å². The molecular weight excluding hydrogens is 295 g/mol. The van der Waals surface area contributed by atoms with Crippen LogP contribution in [-0.4, -0.2) is 18.1 Å². The number of benzene rings is 1. The van der Waals surface area contributed by atoms with Crippen LogP contribution in [0.15, 0.2) is 18.2 Å². The Hall–Kier alpha value is -1.33. The minimum atomic E-state index is -0.443. The second kappa shape index (κ2) is 8.20. The highest BCUT2D eigenvalue weighted by Gasteiger charge is 2.20. The Labute approximate surface area is 130 Å². The van der Waals surface area contributed by atoms with Crippen molar-refractivity contribution in [3.8, 4) is 5.75 Å². The van der Waals surface area contributed by atoms with Gasteiger partial charge >= 0.3 is 0 Å². The number of carbonyl (C=O) groups excluding carboxylic acids is 1. The van der Waals surface area contributed by atoms with Crippen molar-refractivity contribution in [1.82, 2.24) is 0 Å². The van der Waals surface area contributed by atoms with E-state index in [1.807, 2.05) is 6.92 Å². The highest BCUT2D eigenvalue weighted by Crippen LogP contribution is 2.28. The molecule has 4 nitrogen and oxygen atoms in total. The molecule has 1 amide bonds. The van der Waals surface area contributed by atoms with Crippen LogP contribution in [0.2, 0.25) is 0 Å². The Balaban J connectivity index is 0.00000220. The average Bonchev–Trinajstić information content (AvgIpc) is 2.33. The molecule has 1 unspecified atom stereocenters. The van der Waals surface area contributed by atoms with Gasteiger partial charge in [-0.25, -0.2) is 4.39 Å². The molecule has 3 N–H and O–H groups in total. The third-order valence-electron chi connectivity index (χ3n) is 3.39. The Bertz CT molecular complexity index is 479. The van der Waals surface area contributed by atoms with Gasteiger partial charge in [0.2, 0.25) is 5.91 Å². The number of hydrogen-bond acceptors (Lipinski definition) is 3. The molecule has 21 heavy (non-hydrogen) atoms. The Kier molecular flexibility index (Phi) is 6.92. The van der Waals surface area contributed by atoms with E-state index in [4.69, 9.17) is 10.5 Å². The average molecular weight is 317 g/mol. The quantitative estimate of drug-likeness (QED) is 0.846. The fourth-order valence-corrected chi connectivity index (χ4v) is 1.92. The fourth-order valence-electron chi connectivity index (χ4n) is 1.92. The molecule has 0 spiro atoms. The molecule has 1 saturated carbocycles. The maximum atomic E-state index is 13.8. The summed E-state index contributed by atoms with van der Waals surface area (Å²) >= 11 is 0. The molecule has 1 aromatic carbocycles. The predicted molar refractivity (Wildman–Crippen MR) is 83.4 cm³/mol. The number of anilines is 1. The lowest BCUT2D eigenvalue weighted by Crippen LogP contribution is -2.25. The van der Waals surface area contributed by atoms with Crippen LogP contribution in [0.25, 0.3) is 0 Å². The van der Waals surface area contributed by atoms with Gasteiger partial charge in [0.05, 0.1) is 6.10 Å². The first kappa shape index (κ1) is 17.7. The normalized spacial score (nSPS) is 15.6. The maximum Gasteiger partial charge on any atom is 0.224 e. The SMILES string of the molecule is CC(N)CCC(=O)Nc1ccc(OC2CCC2)c(F)c1.Cl. The van der Waals surface area contributed by atoms with Crippen molar-refractivity contribution < 1.29 is 13.9 Å². The topological polar surface area (TPSA) is 64.4 Å². The van der Waals surface area contributed by atoms with Gasteiger partial charge < -0.3 is 15.8 Å². The van der Waals surface area contributed by atoms with E-state index in [0.717, 1.165) is 19.3 Å². The number of halogens is 2. The number of carbonyl (C=O) groups is 1. The summed E-state index contributed by atoms with van der Waals surface area (Å²) < 4.78 is 19.4. The van der Waals surface area contributed by atoms with Crippen LogP contribution in [0.3, 0.4) is 0 Å². The molecule has 0 bridgehead atoms. The van der Waals surface area contributed by atoms with Gasteiger partial charge in [0.1, 0.15) is 0 Å². The lowest BCUT2D eigenvalue weighted by molar-refractivity contribution is -0.116. The molecule has 0 aliphatic heterocycles. The van der Waals surface area contributed by atoms with Gasteiger partial charge in [0, 0.05) is 24.2 Å². The largest absolute Gasteiger partial charge is 0.487 e. The highest BCUT2D eigenvalue weighted by atomic mass is 35.5. The van der Waals surface area contributed by atoms with Crippen LogP contribution >= 0.6 is 12.4 Å². The molecule has 1 aliphatic rings.